The molecule has 2 fully saturated rings. The molecule has 4 aromatic rings. The summed E-state index contributed by atoms with van der Waals surface area (Å²) >= 11 is 0. The van der Waals surface area contributed by atoms with Crippen molar-refractivity contribution in [1.82, 2.24) is 15.0 Å². The molecular formula is C31H34F2N6O2. The lowest BCUT2D eigenvalue weighted by atomic mass is 10.0. The Balaban J connectivity index is 1.50. The first-order valence-electron chi connectivity index (χ1n) is 14.2. The lowest BCUT2D eigenvalue weighted by Crippen LogP contribution is -2.38. The van der Waals surface area contributed by atoms with E-state index >= 15 is 4.39 Å². The molecule has 0 unspecified atom stereocenters. The number of hydrogen-bond acceptors (Lipinski definition) is 8. The first kappa shape index (κ1) is 27.3. The van der Waals surface area contributed by atoms with Gasteiger partial charge in [0.25, 0.3) is 0 Å². The molecular weight excluding hydrogens is 526 g/mol. The minimum absolute atomic E-state index is 0.230. The SMILES string of the molecule is CCCc1ccc(-c2nc3cc(F)cc(F)c3c(Nc3cc(N4CCOCC4)cnc3N3CCOCC3)c2C)cn1. The van der Waals surface area contributed by atoms with Crippen LogP contribution < -0.4 is 15.1 Å². The fraction of sp³-hybridized carbons (Fsp3) is 0.387. The number of nitrogens with one attached hydrogen (secondary N) is 1. The number of anilines is 4. The van der Waals surface area contributed by atoms with Crippen molar-refractivity contribution in [1.29, 1.82) is 0 Å². The maximum atomic E-state index is 15.5. The Kier molecular flexibility index (Phi) is 7.93. The van der Waals surface area contributed by atoms with E-state index in [0.29, 0.717) is 50.9 Å². The normalized spacial score (nSPS) is 15.9. The largest absolute Gasteiger partial charge is 0.378 e. The third kappa shape index (κ3) is 5.67. The maximum Gasteiger partial charge on any atom is 0.152 e. The third-order valence-electron chi connectivity index (χ3n) is 7.65. The summed E-state index contributed by atoms with van der Waals surface area (Å²) < 4.78 is 41.1. The molecule has 8 nitrogen and oxygen atoms in total. The highest BCUT2D eigenvalue weighted by atomic mass is 19.1. The molecule has 1 aromatic carbocycles. The fourth-order valence-corrected chi connectivity index (χ4v) is 5.51. The second-order valence-electron chi connectivity index (χ2n) is 10.4. The molecule has 10 heteroatoms. The number of aryl methyl sites for hydroxylation is 1. The number of pyridine rings is 3. The van der Waals surface area contributed by atoms with Crippen molar-refractivity contribution in [3.8, 4) is 11.3 Å². The molecule has 6 rings (SSSR count). The van der Waals surface area contributed by atoms with Gasteiger partial charge in [-0.15, -0.1) is 0 Å². The van der Waals surface area contributed by atoms with Crippen molar-refractivity contribution < 1.29 is 18.3 Å². The number of fused-ring (bicyclic) bond motifs is 1. The van der Waals surface area contributed by atoms with Gasteiger partial charge in [-0.3, -0.25) is 4.98 Å². The molecule has 0 atom stereocenters. The molecule has 3 aromatic heterocycles. The zero-order valence-corrected chi connectivity index (χ0v) is 23.4. The van der Waals surface area contributed by atoms with Gasteiger partial charge in [0.05, 0.1) is 66.3 Å². The fourth-order valence-electron chi connectivity index (χ4n) is 5.51. The molecule has 2 saturated heterocycles. The molecule has 1 N–H and O–H groups in total. The number of hydrogen-bond donors (Lipinski definition) is 1. The summed E-state index contributed by atoms with van der Waals surface area (Å²) in [5, 5.41) is 3.77. The molecule has 5 heterocycles. The van der Waals surface area contributed by atoms with E-state index in [0.717, 1.165) is 66.0 Å². The predicted molar refractivity (Wildman–Crippen MR) is 157 cm³/mol. The second kappa shape index (κ2) is 11.9. The predicted octanol–water partition coefficient (Wildman–Crippen LogP) is 5.65. The monoisotopic (exact) mass is 560 g/mol. The van der Waals surface area contributed by atoms with E-state index in [1.54, 1.807) is 6.20 Å². The summed E-state index contributed by atoms with van der Waals surface area (Å²) in [5.74, 6) is -0.597. The average molecular weight is 561 g/mol. The Morgan fingerprint density at radius 1 is 0.902 bits per heavy atom. The number of benzene rings is 1. The summed E-state index contributed by atoms with van der Waals surface area (Å²) in [4.78, 5) is 18.6. The molecule has 2 aliphatic heterocycles. The van der Waals surface area contributed by atoms with Crippen molar-refractivity contribution in [3.63, 3.8) is 0 Å². The van der Waals surface area contributed by atoms with Gasteiger partial charge in [0.2, 0.25) is 0 Å². The number of morpholine rings is 2. The molecule has 0 spiro atoms. The van der Waals surface area contributed by atoms with Gasteiger partial charge in [-0.25, -0.2) is 18.7 Å². The first-order chi connectivity index (χ1) is 20.0. The van der Waals surface area contributed by atoms with Crippen LogP contribution in [0.25, 0.3) is 22.2 Å². The van der Waals surface area contributed by atoms with E-state index < -0.39 is 11.6 Å². The van der Waals surface area contributed by atoms with E-state index in [1.165, 1.54) is 6.07 Å². The summed E-state index contributed by atoms with van der Waals surface area (Å²) in [6.45, 7) is 9.40. The van der Waals surface area contributed by atoms with Crippen LogP contribution in [-0.2, 0) is 15.9 Å². The number of halogens is 2. The Labute approximate surface area is 238 Å². The topological polar surface area (TPSA) is 75.6 Å². The van der Waals surface area contributed by atoms with E-state index in [4.69, 9.17) is 19.4 Å². The van der Waals surface area contributed by atoms with Gasteiger partial charge < -0.3 is 24.6 Å². The average Bonchev–Trinajstić information content (AvgIpc) is 3.00. The van der Waals surface area contributed by atoms with Crippen molar-refractivity contribution in [2.75, 3.05) is 67.7 Å². The van der Waals surface area contributed by atoms with Crippen LogP contribution in [0.5, 0.6) is 0 Å². The summed E-state index contributed by atoms with van der Waals surface area (Å²) in [6, 6.07) is 8.18. The second-order valence-corrected chi connectivity index (χ2v) is 10.4. The van der Waals surface area contributed by atoms with Crippen LogP contribution in [0.2, 0.25) is 0 Å². The minimum atomic E-state index is -0.676. The Morgan fingerprint density at radius 3 is 2.32 bits per heavy atom. The van der Waals surface area contributed by atoms with Crippen molar-refractivity contribution in [3.05, 3.63) is 65.6 Å². The summed E-state index contributed by atoms with van der Waals surface area (Å²) in [5.41, 5.74) is 5.56. The smallest absolute Gasteiger partial charge is 0.152 e. The van der Waals surface area contributed by atoms with E-state index in [1.807, 2.05) is 25.3 Å². The highest BCUT2D eigenvalue weighted by Gasteiger charge is 2.23. The molecule has 2 aliphatic rings. The quantitative estimate of drug-likeness (QED) is 0.311. The molecule has 0 bridgehead atoms. The highest BCUT2D eigenvalue weighted by Crippen LogP contribution is 2.39. The van der Waals surface area contributed by atoms with Crippen LogP contribution >= 0.6 is 0 Å². The first-order valence-corrected chi connectivity index (χ1v) is 14.2. The van der Waals surface area contributed by atoms with Gasteiger partial charge in [-0.2, -0.15) is 0 Å². The Hall–Kier alpha value is -3.89. The summed E-state index contributed by atoms with van der Waals surface area (Å²) in [7, 11) is 0. The zero-order chi connectivity index (χ0) is 28.3. The molecule has 41 heavy (non-hydrogen) atoms. The van der Waals surface area contributed by atoms with Crippen molar-refractivity contribution >= 4 is 33.8 Å². The number of rotatable bonds is 7. The van der Waals surface area contributed by atoms with Crippen LogP contribution in [0, 0.1) is 18.6 Å². The van der Waals surface area contributed by atoms with Gasteiger partial charge in [0.15, 0.2) is 5.82 Å². The van der Waals surface area contributed by atoms with Crippen molar-refractivity contribution in [2.24, 2.45) is 0 Å². The number of nitrogens with zero attached hydrogens (tertiary/aromatic N) is 5. The van der Waals surface area contributed by atoms with Gasteiger partial charge in [0, 0.05) is 55.8 Å². The molecule has 0 amide bonds. The standard InChI is InChI=1S/C31H34F2N6O2/c1-3-4-23-6-5-21(18-34-23)29-20(2)30(28-25(33)15-22(32)16-26(28)36-29)37-27-17-24(38-7-11-40-12-8-38)19-35-31(27)39-9-13-41-14-10-39/h5-6,15-19H,3-4,7-14H2,1-2H3,(H,36,37). The van der Waals surface area contributed by atoms with Crippen LogP contribution in [-0.4, -0.2) is 67.6 Å². The maximum absolute atomic E-state index is 15.5. The van der Waals surface area contributed by atoms with Crippen LogP contribution in [0.3, 0.4) is 0 Å². The minimum Gasteiger partial charge on any atom is -0.378 e. The number of ether oxygens (including phenoxy) is 2. The molecule has 0 aliphatic carbocycles. The van der Waals surface area contributed by atoms with Crippen molar-refractivity contribution in [2.45, 2.75) is 26.7 Å². The zero-order valence-electron chi connectivity index (χ0n) is 23.4. The van der Waals surface area contributed by atoms with Crippen LogP contribution in [0.4, 0.5) is 31.7 Å². The Morgan fingerprint density at radius 2 is 1.63 bits per heavy atom. The lowest BCUT2D eigenvalue weighted by Gasteiger charge is -2.32. The van der Waals surface area contributed by atoms with E-state index in [-0.39, 0.29) is 10.9 Å². The van der Waals surface area contributed by atoms with Gasteiger partial charge in [-0.05, 0) is 37.1 Å². The highest BCUT2D eigenvalue weighted by molar-refractivity contribution is 5.99. The van der Waals surface area contributed by atoms with Gasteiger partial charge in [-0.1, -0.05) is 13.3 Å². The number of aromatic nitrogens is 3. The molecule has 214 valence electrons. The third-order valence-corrected chi connectivity index (χ3v) is 7.65. The van der Waals surface area contributed by atoms with Gasteiger partial charge >= 0.3 is 0 Å². The van der Waals surface area contributed by atoms with Crippen LogP contribution in [0.1, 0.15) is 24.6 Å². The lowest BCUT2D eigenvalue weighted by molar-refractivity contribution is 0.122. The van der Waals surface area contributed by atoms with Gasteiger partial charge in [0.1, 0.15) is 11.6 Å². The van der Waals surface area contributed by atoms with E-state index in [2.05, 4.69) is 33.1 Å². The van der Waals surface area contributed by atoms with E-state index in [9.17, 15) is 4.39 Å². The molecule has 0 saturated carbocycles. The Bertz CT molecular complexity index is 1540. The van der Waals surface area contributed by atoms with Crippen LogP contribution in [0.15, 0.2) is 42.7 Å². The molecule has 0 radical (unpaired) electrons. The summed E-state index contributed by atoms with van der Waals surface area (Å²) in [6.07, 6.45) is 5.54.